The number of hydrazone groups is 1. The molecule has 0 spiro atoms. The van der Waals surface area contributed by atoms with Gasteiger partial charge in [-0.3, -0.25) is 9.48 Å². The van der Waals surface area contributed by atoms with Gasteiger partial charge in [0, 0.05) is 5.69 Å². The van der Waals surface area contributed by atoms with Crippen molar-refractivity contribution in [3.8, 4) is 11.5 Å². The standard InChI is InChI=1S/C15H17BrN4O3/c1-9-4-10(2)20(19-9)8-14(22)18-17-7-11-5-12(16)15(23-3)13(21)6-11/h4-7,21H,8H2,1-3H3,(H,18,22)/b17-7-. The van der Waals surface area contributed by atoms with E-state index in [1.54, 1.807) is 10.7 Å². The third-order valence-corrected chi connectivity index (χ3v) is 3.64. The number of nitrogens with one attached hydrogen (secondary N) is 1. The van der Waals surface area contributed by atoms with Crippen molar-refractivity contribution >= 4 is 28.1 Å². The quantitative estimate of drug-likeness (QED) is 0.614. The van der Waals surface area contributed by atoms with Crippen molar-refractivity contribution in [2.45, 2.75) is 20.4 Å². The number of carbonyl (C=O) groups is 1. The largest absolute Gasteiger partial charge is 0.504 e. The van der Waals surface area contributed by atoms with Crippen LogP contribution in [0.3, 0.4) is 0 Å². The molecule has 7 nitrogen and oxygen atoms in total. The molecule has 1 heterocycles. The number of rotatable bonds is 5. The average Bonchev–Trinajstić information content (AvgIpc) is 2.76. The van der Waals surface area contributed by atoms with E-state index in [1.807, 2.05) is 19.9 Å². The topological polar surface area (TPSA) is 88.7 Å². The normalized spacial score (nSPS) is 11.0. The predicted octanol–water partition coefficient (Wildman–Crippen LogP) is 2.13. The lowest BCUT2D eigenvalue weighted by Gasteiger charge is -2.06. The Bertz CT molecular complexity index is 732. The van der Waals surface area contributed by atoms with Crippen LogP contribution in [0.25, 0.3) is 0 Å². The second-order valence-electron chi connectivity index (χ2n) is 4.93. The van der Waals surface area contributed by atoms with Crippen LogP contribution in [0.5, 0.6) is 11.5 Å². The molecule has 2 N–H and O–H groups in total. The van der Waals surface area contributed by atoms with Crippen molar-refractivity contribution in [2.24, 2.45) is 5.10 Å². The van der Waals surface area contributed by atoms with E-state index in [2.05, 4.69) is 31.6 Å². The lowest BCUT2D eigenvalue weighted by atomic mass is 10.2. The maximum Gasteiger partial charge on any atom is 0.261 e. The van der Waals surface area contributed by atoms with Crippen LogP contribution < -0.4 is 10.2 Å². The fourth-order valence-electron chi connectivity index (χ4n) is 2.06. The molecule has 0 saturated carbocycles. The monoisotopic (exact) mass is 380 g/mol. The Hall–Kier alpha value is -2.35. The minimum absolute atomic E-state index is 0.0164. The van der Waals surface area contributed by atoms with Crippen LogP contribution in [0.1, 0.15) is 17.0 Å². The maximum absolute atomic E-state index is 11.8. The molecular weight excluding hydrogens is 364 g/mol. The summed E-state index contributed by atoms with van der Waals surface area (Å²) < 4.78 is 7.23. The van der Waals surface area contributed by atoms with Crippen LogP contribution in [0.15, 0.2) is 27.8 Å². The molecule has 0 bridgehead atoms. The van der Waals surface area contributed by atoms with Crippen molar-refractivity contribution in [3.05, 3.63) is 39.6 Å². The van der Waals surface area contributed by atoms with Gasteiger partial charge in [-0.05, 0) is 53.5 Å². The van der Waals surface area contributed by atoms with Gasteiger partial charge in [0.2, 0.25) is 0 Å². The van der Waals surface area contributed by atoms with Crippen molar-refractivity contribution in [1.82, 2.24) is 15.2 Å². The highest BCUT2D eigenvalue weighted by molar-refractivity contribution is 9.10. The molecule has 0 aliphatic rings. The number of amides is 1. The van der Waals surface area contributed by atoms with E-state index in [0.29, 0.717) is 15.8 Å². The van der Waals surface area contributed by atoms with Crippen molar-refractivity contribution in [2.75, 3.05) is 7.11 Å². The Morgan fingerprint density at radius 1 is 1.48 bits per heavy atom. The average molecular weight is 381 g/mol. The minimum atomic E-state index is -0.288. The van der Waals surface area contributed by atoms with Crippen LogP contribution in [0.2, 0.25) is 0 Å². The van der Waals surface area contributed by atoms with Gasteiger partial charge in [0.05, 0.1) is 23.5 Å². The molecule has 1 amide bonds. The zero-order chi connectivity index (χ0) is 17.0. The number of nitrogens with zero attached hydrogens (tertiary/aromatic N) is 3. The number of phenolic OH excluding ortho intramolecular Hbond substituents is 1. The number of ether oxygens (including phenoxy) is 1. The number of aryl methyl sites for hydroxylation is 2. The van der Waals surface area contributed by atoms with Gasteiger partial charge < -0.3 is 9.84 Å². The van der Waals surface area contributed by atoms with Crippen LogP contribution in [0.4, 0.5) is 0 Å². The lowest BCUT2D eigenvalue weighted by Crippen LogP contribution is -2.24. The molecule has 0 fully saturated rings. The van der Waals surface area contributed by atoms with Gasteiger partial charge in [0.15, 0.2) is 11.5 Å². The van der Waals surface area contributed by atoms with Crippen LogP contribution >= 0.6 is 15.9 Å². The highest BCUT2D eigenvalue weighted by Gasteiger charge is 2.08. The van der Waals surface area contributed by atoms with E-state index in [4.69, 9.17) is 4.74 Å². The number of benzene rings is 1. The number of carbonyl (C=O) groups excluding carboxylic acids is 1. The molecule has 0 aliphatic carbocycles. The first-order valence-corrected chi connectivity index (χ1v) is 7.59. The van der Waals surface area contributed by atoms with Gasteiger partial charge in [-0.25, -0.2) is 5.43 Å². The molecule has 122 valence electrons. The molecular formula is C15H17BrN4O3. The van der Waals surface area contributed by atoms with E-state index in [-0.39, 0.29) is 18.2 Å². The Labute approximate surface area is 142 Å². The van der Waals surface area contributed by atoms with Crippen LogP contribution in [-0.4, -0.2) is 34.1 Å². The fraction of sp³-hybridized carbons (Fsp3) is 0.267. The number of aromatic nitrogens is 2. The van der Waals surface area contributed by atoms with Gasteiger partial charge in [0.1, 0.15) is 6.54 Å². The summed E-state index contributed by atoms with van der Waals surface area (Å²) in [5.41, 5.74) is 4.80. The molecule has 0 saturated heterocycles. The summed E-state index contributed by atoms with van der Waals surface area (Å²) in [6.45, 7) is 3.84. The Morgan fingerprint density at radius 2 is 2.22 bits per heavy atom. The summed E-state index contributed by atoms with van der Waals surface area (Å²) in [6, 6.07) is 5.10. The molecule has 2 aromatic rings. The number of methoxy groups -OCH3 is 1. The molecule has 2 rings (SSSR count). The van der Waals surface area contributed by atoms with Crippen molar-refractivity contribution < 1.29 is 14.6 Å². The zero-order valence-corrected chi connectivity index (χ0v) is 14.6. The summed E-state index contributed by atoms with van der Waals surface area (Å²) in [5.74, 6) is 0.0391. The highest BCUT2D eigenvalue weighted by atomic mass is 79.9. The third kappa shape index (κ3) is 4.32. The summed E-state index contributed by atoms with van der Waals surface area (Å²) in [4.78, 5) is 11.8. The SMILES string of the molecule is COc1c(O)cc(/C=N\NC(=O)Cn2nc(C)cc2C)cc1Br. The van der Waals surface area contributed by atoms with E-state index >= 15 is 0 Å². The molecule has 8 heteroatoms. The Kier molecular flexibility index (Phi) is 5.38. The van der Waals surface area contributed by atoms with Gasteiger partial charge in [-0.15, -0.1) is 0 Å². The number of hydrogen-bond donors (Lipinski definition) is 2. The number of halogens is 1. The molecule has 1 aromatic carbocycles. The first kappa shape index (κ1) is 17.0. The maximum atomic E-state index is 11.8. The Balaban J connectivity index is 1.99. The Morgan fingerprint density at radius 3 is 2.78 bits per heavy atom. The molecule has 1 aromatic heterocycles. The second-order valence-corrected chi connectivity index (χ2v) is 5.79. The third-order valence-electron chi connectivity index (χ3n) is 3.05. The van der Waals surface area contributed by atoms with E-state index in [0.717, 1.165) is 11.4 Å². The zero-order valence-electron chi connectivity index (χ0n) is 13.0. The molecule has 0 atom stereocenters. The first-order chi connectivity index (χ1) is 10.9. The molecule has 0 radical (unpaired) electrons. The van der Waals surface area contributed by atoms with Crippen LogP contribution in [-0.2, 0) is 11.3 Å². The smallest absolute Gasteiger partial charge is 0.261 e. The van der Waals surface area contributed by atoms with Crippen molar-refractivity contribution in [3.63, 3.8) is 0 Å². The fourth-order valence-corrected chi connectivity index (χ4v) is 2.69. The highest BCUT2D eigenvalue weighted by Crippen LogP contribution is 2.34. The van der Waals surface area contributed by atoms with Crippen LogP contribution in [0, 0.1) is 13.8 Å². The van der Waals surface area contributed by atoms with E-state index in [9.17, 15) is 9.90 Å². The van der Waals surface area contributed by atoms with E-state index < -0.39 is 0 Å². The first-order valence-electron chi connectivity index (χ1n) is 6.80. The number of aromatic hydroxyl groups is 1. The molecule has 0 aliphatic heterocycles. The number of phenols is 1. The van der Waals surface area contributed by atoms with Gasteiger partial charge in [-0.2, -0.15) is 10.2 Å². The van der Waals surface area contributed by atoms with Gasteiger partial charge in [-0.1, -0.05) is 0 Å². The lowest BCUT2D eigenvalue weighted by molar-refractivity contribution is -0.121. The van der Waals surface area contributed by atoms with Gasteiger partial charge >= 0.3 is 0 Å². The minimum Gasteiger partial charge on any atom is -0.504 e. The summed E-state index contributed by atoms with van der Waals surface area (Å²) in [6.07, 6.45) is 1.43. The summed E-state index contributed by atoms with van der Waals surface area (Å²) >= 11 is 3.29. The summed E-state index contributed by atoms with van der Waals surface area (Å²) in [7, 11) is 1.47. The molecule has 23 heavy (non-hydrogen) atoms. The second kappa shape index (κ2) is 7.28. The van der Waals surface area contributed by atoms with E-state index in [1.165, 1.54) is 19.4 Å². The number of hydrogen-bond acceptors (Lipinski definition) is 5. The summed E-state index contributed by atoms with van der Waals surface area (Å²) in [5, 5.41) is 17.9. The molecule has 0 unspecified atom stereocenters. The van der Waals surface area contributed by atoms with Crippen molar-refractivity contribution in [1.29, 1.82) is 0 Å². The predicted molar refractivity (Wildman–Crippen MR) is 89.8 cm³/mol. The van der Waals surface area contributed by atoms with Gasteiger partial charge in [0.25, 0.3) is 5.91 Å².